The summed E-state index contributed by atoms with van der Waals surface area (Å²) in [6.45, 7) is 4.13. The van der Waals surface area contributed by atoms with Gasteiger partial charge < -0.3 is 39.4 Å². The zero-order chi connectivity index (χ0) is 27.0. The van der Waals surface area contributed by atoms with E-state index in [9.17, 15) is 30.0 Å². The Kier molecular flexibility index (Phi) is 6.60. The summed E-state index contributed by atoms with van der Waals surface area (Å²) in [6, 6.07) is 0. The molecule has 2 aliphatic heterocycles. The van der Waals surface area contributed by atoms with Gasteiger partial charge in [0.2, 0.25) is 0 Å². The molecule has 4 saturated carbocycles. The van der Waals surface area contributed by atoms with Gasteiger partial charge in [0, 0.05) is 16.9 Å². The monoisotopic (exact) mass is 534 g/mol. The quantitative estimate of drug-likeness (QED) is 0.240. The first-order valence-electron chi connectivity index (χ1n) is 14.4. The zero-order valence-corrected chi connectivity index (χ0v) is 22.3. The van der Waals surface area contributed by atoms with Crippen LogP contribution in [0, 0.1) is 34.5 Å². The fraction of sp³-hybridized carbons (Fsp3) is 0.862. The van der Waals surface area contributed by atoms with E-state index in [0.29, 0.717) is 32.3 Å². The van der Waals surface area contributed by atoms with Gasteiger partial charge in [0.1, 0.15) is 31.2 Å². The Bertz CT molecular complexity index is 999. The van der Waals surface area contributed by atoms with E-state index in [0.717, 1.165) is 37.7 Å². The minimum atomic E-state index is -1.34. The summed E-state index contributed by atoms with van der Waals surface area (Å²) in [5.74, 6) is 0.0678. The number of fused-ring (bicyclic) bond motifs is 5. The molecule has 0 aromatic heterocycles. The van der Waals surface area contributed by atoms with Crippen LogP contribution < -0.4 is 0 Å². The molecule has 6 aliphatic rings. The molecule has 0 radical (unpaired) electrons. The van der Waals surface area contributed by atoms with Gasteiger partial charge in [-0.05, 0) is 94.0 Å². The highest BCUT2D eigenvalue weighted by Crippen LogP contribution is 2.69. The molecule has 2 heterocycles. The van der Waals surface area contributed by atoms with Crippen LogP contribution in [-0.2, 0) is 23.8 Å². The number of aliphatic hydroxyl groups is 4. The van der Waals surface area contributed by atoms with Crippen molar-refractivity contribution in [2.75, 3.05) is 6.61 Å². The van der Waals surface area contributed by atoms with Crippen LogP contribution in [0.5, 0.6) is 0 Å². The first kappa shape index (κ1) is 26.8. The van der Waals surface area contributed by atoms with Gasteiger partial charge in [0.25, 0.3) is 0 Å². The van der Waals surface area contributed by atoms with Crippen molar-refractivity contribution in [3.05, 3.63) is 11.6 Å². The minimum absolute atomic E-state index is 0.0322. The van der Waals surface area contributed by atoms with Crippen LogP contribution in [0.4, 0.5) is 0 Å². The van der Waals surface area contributed by atoms with Crippen LogP contribution in [-0.4, -0.2) is 81.7 Å². The van der Waals surface area contributed by atoms with Crippen LogP contribution >= 0.6 is 0 Å². The molecule has 4 aliphatic carbocycles. The van der Waals surface area contributed by atoms with Crippen molar-refractivity contribution in [1.82, 2.24) is 0 Å². The highest BCUT2D eigenvalue weighted by molar-refractivity contribution is 5.85. The number of rotatable bonds is 4. The molecule has 212 valence electrons. The van der Waals surface area contributed by atoms with Gasteiger partial charge in [0.05, 0.1) is 17.8 Å². The summed E-state index contributed by atoms with van der Waals surface area (Å²) in [5, 5.41) is 42.9. The number of hydrogen-bond donors (Lipinski definition) is 4. The Morgan fingerprint density at radius 3 is 2.50 bits per heavy atom. The summed E-state index contributed by atoms with van der Waals surface area (Å²) in [5.41, 5.74) is -0.739. The number of cyclic esters (lactones) is 1. The predicted octanol–water partition coefficient (Wildman–Crippen LogP) is 1.64. The summed E-state index contributed by atoms with van der Waals surface area (Å²) in [7, 11) is 0. The molecule has 1 saturated heterocycles. The largest absolute Gasteiger partial charge is 0.458 e. The van der Waals surface area contributed by atoms with E-state index in [1.165, 1.54) is 6.29 Å². The van der Waals surface area contributed by atoms with Gasteiger partial charge >= 0.3 is 5.97 Å². The third-order valence-corrected chi connectivity index (χ3v) is 11.9. The number of ether oxygens (including phenoxy) is 3. The molecule has 6 rings (SSSR count). The predicted molar refractivity (Wildman–Crippen MR) is 133 cm³/mol. The van der Waals surface area contributed by atoms with Crippen LogP contribution in [0.15, 0.2) is 11.6 Å². The third-order valence-electron chi connectivity index (χ3n) is 11.9. The zero-order valence-electron chi connectivity index (χ0n) is 22.3. The molecule has 9 nitrogen and oxygen atoms in total. The Morgan fingerprint density at radius 2 is 1.79 bits per heavy atom. The highest BCUT2D eigenvalue weighted by atomic mass is 16.7. The van der Waals surface area contributed by atoms with Crippen molar-refractivity contribution in [2.45, 2.75) is 114 Å². The number of aldehydes is 1. The second-order valence-corrected chi connectivity index (χ2v) is 13.2. The average Bonchev–Trinajstić information content (AvgIpc) is 3.45. The number of carbonyl (C=O) groups is 2. The van der Waals surface area contributed by atoms with E-state index in [1.807, 2.05) is 0 Å². The summed E-state index contributed by atoms with van der Waals surface area (Å²) in [4.78, 5) is 24.7. The molecule has 0 aromatic rings. The van der Waals surface area contributed by atoms with Crippen molar-refractivity contribution in [1.29, 1.82) is 0 Å². The summed E-state index contributed by atoms with van der Waals surface area (Å²) in [6.07, 6.45) is 3.80. The second-order valence-electron chi connectivity index (χ2n) is 13.2. The van der Waals surface area contributed by atoms with Gasteiger partial charge in [-0.25, -0.2) is 4.79 Å². The smallest absolute Gasteiger partial charge is 0.331 e. The van der Waals surface area contributed by atoms with E-state index < -0.39 is 41.7 Å². The lowest BCUT2D eigenvalue weighted by Gasteiger charge is -2.63. The maximum absolute atomic E-state index is 12.9. The molecule has 1 unspecified atom stereocenters. The third kappa shape index (κ3) is 3.72. The number of aliphatic hydroxyl groups excluding tert-OH is 3. The number of carbonyl (C=O) groups excluding carboxylic acids is 2. The molecule has 0 bridgehead atoms. The van der Waals surface area contributed by atoms with Gasteiger partial charge in [-0.15, -0.1) is 0 Å². The van der Waals surface area contributed by atoms with E-state index in [1.54, 1.807) is 13.0 Å². The lowest BCUT2D eigenvalue weighted by molar-refractivity contribution is -0.309. The standard InChI is InChI=1S/C29H42O9/c1-15-23(32)24(33)25(34)26(37-15)38-18-5-9-28(14-30)17(12-18)3-4-21-20(28)6-8-27(2)19(7-10-29(21,27)35)16-11-22(31)36-13-16/h11,14-15,17-21,23-26,32-35H,3-10,12-13H2,1-2H3/t15-,17+,18+,19-,20+,21-,23-,24-,25-,26?,27-,28-,29+/m1/s1. The van der Waals surface area contributed by atoms with E-state index in [2.05, 4.69) is 6.92 Å². The van der Waals surface area contributed by atoms with Crippen molar-refractivity contribution in [2.24, 2.45) is 34.5 Å². The first-order chi connectivity index (χ1) is 18.0. The molecule has 38 heavy (non-hydrogen) atoms. The fourth-order valence-electron chi connectivity index (χ4n) is 9.73. The molecule has 13 atom stereocenters. The topological polar surface area (TPSA) is 143 Å². The molecular formula is C29H42O9. The Labute approximate surface area is 223 Å². The molecule has 0 aromatic carbocycles. The van der Waals surface area contributed by atoms with Crippen molar-refractivity contribution >= 4 is 12.3 Å². The molecule has 0 spiro atoms. The Morgan fingerprint density at radius 1 is 1.00 bits per heavy atom. The number of hydrogen-bond acceptors (Lipinski definition) is 9. The second kappa shape index (κ2) is 9.35. The minimum Gasteiger partial charge on any atom is -0.458 e. The van der Waals surface area contributed by atoms with Crippen LogP contribution in [0.2, 0.25) is 0 Å². The van der Waals surface area contributed by atoms with E-state index >= 15 is 0 Å². The van der Waals surface area contributed by atoms with Crippen molar-refractivity contribution < 1.29 is 44.2 Å². The maximum Gasteiger partial charge on any atom is 0.331 e. The lowest BCUT2D eigenvalue weighted by Crippen LogP contribution is -2.63. The maximum atomic E-state index is 12.9. The van der Waals surface area contributed by atoms with Gasteiger partial charge in [-0.1, -0.05) is 6.92 Å². The van der Waals surface area contributed by atoms with Crippen LogP contribution in [0.1, 0.15) is 71.6 Å². The van der Waals surface area contributed by atoms with Crippen molar-refractivity contribution in [3.8, 4) is 0 Å². The highest BCUT2D eigenvalue weighted by Gasteiger charge is 2.68. The fourth-order valence-corrected chi connectivity index (χ4v) is 9.73. The van der Waals surface area contributed by atoms with Gasteiger partial charge in [-0.2, -0.15) is 0 Å². The van der Waals surface area contributed by atoms with E-state index in [4.69, 9.17) is 14.2 Å². The number of esters is 1. The van der Waals surface area contributed by atoms with E-state index in [-0.39, 0.29) is 41.2 Å². The Balaban J connectivity index is 1.19. The normalized spacial score (nSPS) is 54.4. The molecule has 0 amide bonds. The average molecular weight is 535 g/mol. The van der Waals surface area contributed by atoms with Crippen LogP contribution in [0.25, 0.3) is 0 Å². The molecular weight excluding hydrogens is 492 g/mol. The SMILES string of the molecule is C[C@H]1OC(O[C@H]2CC[C@@]3(C=O)[C@@H](CC[C@@H]4[C@@H]3CC[C@]3(C)[C@@H](C5=CC(=O)OC5)CC[C@]43O)C2)[C@H](O)[C@H](O)[C@@H]1O. The molecule has 4 N–H and O–H groups in total. The molecule has 5 fully saturated rings. The van der Waals surface area contributed by atoms with Crippen LogP contribution in [0.3, 0.4) is 0 Å². The first-order valence-corrected chi connectivity index (χ1v) is 14.4. The van der Waals surface area contributed by atoms with Crippen molar-refractivity contribution in [3.63, 3.8) is 0 Å². The lowest BCUT2D eigenvalue weighted by atomic mass is 9.43. The summed E-state index contributed by atoms with van der Waals surface area (Å²) >= 11 is 0. The van der Waals surface area contributed by atoms with Gasteiger partial charge in [-0.3, -0.25) is 0 Å². The molecule has 9 heteroatoms. The Hall–Kier alpha value is -1.36. The van der Waals surface area contributed by atoms with Gasteiger partial charge in [0.15, 0.2) is 6.29 Å². The summed E-state index contributed by atoms with van der Waals surface area (Å²) < 4.78 is 17.0.